The summed E-state index contributed by atoms with van der Waals surface area (Å²) in [5, 5.41) is 12.2. The van der Waals surface area contributed by atoms with E-state index in [1.54, 1.807) is 19.2 Å². The number of unbranched alkanes of at least 4 members (excludes halogenated alkanes) is 2. The predicted molar refractivity (Wildman–Crippen MR) is 237 cm³/mol. The van der Waals surface area contributed by atoms with Crippen molar-refractivity contribution in [1.29, 1.82) is 0 Å². The van der Waals surface area contributed by atoms with E-state index in [2.05, 4.69) is 108 Å². The Morgan fingerprint density at radius 2 is 1.22 bits per heavy atom. The van der Waals surface area contributed by atoms with Crippen molar-refractivity contribution in [3.05, 3.63) is 136 Å². The zero-order valence-electron chi connectivity index (χ0n) is 34.7. The lowest BCUT2D eigenvalue weighted by atomic mass is 9.83. The van der Waals surface area contributed by atoms with Gasteiger partial charge < -0.3 is 9.80 Å². The molecule has 0 amide bonds. The maximum absolute atomic E-state index is 14.4. The molecule has 3 aromatic carbocycles. The molecule has 11 nitrogen and oxygen atoms in total. The van der Waals surface area contributed by atoms with E-state index < -0.39 is 20.1 Å². The molecule has 59 heavy (non-hydrogen) atoms. The zero-order valence-corrected chi connectivity index (χ0v) is 37.2. The molecule has 0 aromatic heterocycles. The Labute approximate surface area is 354 Å². The van der Waals surface area contributed by atoms with Crippen LogP contribution in [0, 0.1) is 6.92 Å². The molecule has 1 fully saturated rings. The van der Waals surface area contributed by atoms with E-state index in [4.69, 9.17) is 5.26 Å². The number of sulfonamides is 1. The van der Waals surface area contributed by atoms with Gasteiger partial charge in [0.1, 0.15) is 4.90 Å². The van der Waals surface area contributed by atoms with Gasteiger partial charge in [0.05, 0.1) is 5.75 Å². The molecule has 1 saturated carbocycles. The highest BCUT2D eigenvalue weighted by Crippen LogP contribution is 2.49. The highest BCUT2D eigenvalue weighted by molar-refractivity contribution is 7.94. The first kappa shape index (κ1) is 44.5. The average Bonchev–Trinajstić information content (AvgIpc) is 3.77. The highest BCUT2D eigenvalue weighted by Gasteiger charge is 2.42. The van der Waals surface area contributed by atoms with Gasteiger partial charge in [0.2, 0.25) is 5.71 Å². The molecule has 0 atom stereocenters. The van der Waals surface area contributed by atoms with Crippen LogP contribution in [0.3, 0.4) is 0 Å². The number of hydrogen-bond acceptors (Lipinski definition) is 10. The zero-order chi connectivity index (χ0) is 42.6. The summed E-state index contributed by atoms with van der Waals surface area (Å²) in [5.41, 5.74) is 9.45. The third-order valence-corrected chi connectivity index (χ3v) is 14.9. The summed E-state index contributed by atoms with van der Waals surface area (Å²) in [6, 6.07) is 23.6. The lowest BCUT2D eigenvalue weighted by molar-refractivity contribution is -0.432. The smallest absolute Gasteiger partial charge is 0.344 e. The van der Waals surface area contributed by atoms with Gasteiger partial charge in [-0.05, 0) is 93.0 Å². The van der Waals surface area contributed by atoms with E-state index in [9.17, 15) is 21.4 Å². The van der Waals surface area contributed by atoms with Crippen LogP contribution in [0.2, 0.25) is 0 Å². The van der Waals surface area contributed by atoms with Crippen molar-refractivity contribution in [2.75, 3.05) is 41.4 Å². The Balaban J connectivity index is 1.43. The number of para-hydroxylation sites is 2. The third-order valence-electron chi connectivity index (χ3n) is 11.7. The molecule has 0 saturated heterocycles. The van der Waals surface area contributed by atoms with Crippen LogP contribution in [0.25, 0.3) is 0 Å². The van der Waals surface area contributed by atoms with Crippen LogP contribution >= 0.6 is 12.0 Å². The molecule has 0 spiro atoms. The van der Waals surface area contributed by atoms with Crippen LogP contribution < -0.4 is 9.80 Å². The molecule has 2 heterocycles. The molecule has 0 radical (unpaired) electrons. The minimum absolute atomic E-state index is 0.219. The third kappa shape index (κ3) is 9.64. The number of rotatable bonds is 16. The van der Waals surface area contributed by atoms with Gasteiger partial charge in [-0.25, -0.2) is 5.26 Å². The lowest BCUT2D eigenvalue weighted by Gasteiger charge is -2.27. The van der Waals surface area contributed by atoms with Gasteiger partial charge in [0.15, 0.2) is 7.05 Å². The Morgan fingerprint density at radius 1 is 0.729 bits per heavy atom. The Bertz CT molecular complexity index is 2410. The highest BCUT2D eigenvalue weighted by atomic mass is 32.2. The first-order valence-corrected chi connectivity index (χ1v) is 24.0. The second-order valence-electron chi connectivity index (χ2n) is 16.4. The summed E-state index contributed by atoms with van der Waals surface area (Å²) in [5.74, 6) is 0.361. The fourth-order valence-corrected chi connectivity index (χ4v) is 10.9. The van der Waals surface area contributed by atoms with Gasteiger partial charge in [-0.15, -0.1) is 8.31 Å². The molecule has 0 unspecified atom stereocenters. The van der Waals surface area contributed by atoms with Crippen LogP contribution in [-0.4, -0.2) is 68.0 Å². The first-order chi connectivity index (χ1) is 28.0. The van der Waals surface area contributed by atoms with Crippen molar-refractivity contribution in [3.8, 4) is 0 Å². The molecule has 6 rings (SSSR count). The first-order valence-electron chi connectivity index (χ1n) is 20.0. The van der Waals surface area contributed by atoms with Gasteiger partial charge in [0, 0.05) is 75.6 Å². The second-order valence-corrected chi connectivity index (χ2v) is 20.7. The number of benzene rings is 3. The topological polar surface area (TPSA) is 137 Å². The number of nitrogens with zero attached hydrogens (tertiary/aromatic N) is 3. The van der Waals surface area contributed by atoms with Crippen molar-refractivity contribution in [2.45, 2.75) is 88.9 Å². The van der Waals surface area contributed by atoms with Crippen LogP contribution in [0.15, 0.2) is 125 Å². The molecule has 3 aliphatic rings. The largest absolute Gasteiger partial charge is 0.395 e. The fourth-order valence-electron chi connectivity index (χ4n) is 8.59. The number of allylic oxidation sites excluding steroid dienone is 8. The van der Waals surface area contributed by atoms with Gasteiger partial charge in [-0.3, -0.25) is 4.55 Å². The van der Waals surface area contributed by atoms with Crippen LogP contribution in [-0.2, 0) is 40.3 Å². The molecule has 2 N–H and O–H groups in total. The van der Waals surface area contributed by atoms with Gasteiger partial charge in [-0.1, -0.05) is 99.0 Å². The monoisotopic (exact) mass is 862 g/mol. The Kier molecular flexibility index (Phi) is 13.8. The van der Waals surface area contributed by atoms with Crippen molar-refractivity contribution in [1.82, 2.24) is 0 Å². The molecule has 14 heteroatoms. The minimum atomic E-state index is -4.06. The number of hydrogen-bond donors (Lipinski definition) is 2. The molecular formula is C45H56N3O8S3+. The summed E-state index contributed by atoms with van der Waals surface area (Å²) in [7, 11) is -6.36. The second kappa shape index (κ2) is 18.3. The summed E-state index contributed by atoms with van der Waals surface area (Å²) < 4.78 is 67.1. The summed E-state index contributed by atoms with van der Waals surface area (Å²) >= 11 is 1.05. The van der Waals surface area contributed by atoms with Gasteiger partial charge in [0.25, 0.3) is 10.1 Å². The standard InChI is InChI=1S/C45H55N3O8S3/c1-33-19-25-36(26-20-33)59(53,54)46(6)43-34(23-27-41-44(2,3)37-15-7-9-17-39(37)47(41)29-11-13-31-57-56-55-49)21-22-35(43)24-28-42-45(4,5)38-16-8-10-18-40(38)48(42)30-12-14-32-58(50,51)52/h7-10,15-20,23-28H,11-14,21-22,29-32H2,1-6H3,(H-,49,50,51,52)/p+1. The number of fused-ring (bicyclic) bond motifs is 2. The fraction of sp³-hybridized carbons (Fsp3) is 0.400. The Hall–Kier alpha value is -4.02. The molecule has 1 aliphatic carbocycles. The SMILES string of the molecule is Cc1ccc(S(=O)(=O)[N+](C)=C2C(=CC=C3N(CCCCSOOO)c4ccccc4C3(C)C)CCC2=CC=C2N(CCCCS(=O)(=O)O)c3ccccc3C2(C)C)cc1. The van der Waals surface area contributed by atoms with Crippen molar-refractivity contribution in [2.24, 2.45) is 0 Å². The van der Waals surface area contributed by atoms with Crippen LogP contribution in [0.5, 0.6) is 0 Å². The predicted octanol–water partition coefficient (Wildman–Crippen LogP) is 9.29. The number of aryl methyl sites for hydroxylation is 1. The van der Waals surface area contributed by atoms with Gasteiger partial charge >= 0.3 is 10.0 Å². The van der Waals surface area contributed by atoms with E-state index in [1.165, 1.54) is 9.54 Å². The van der Waals surface area contributed by atoms with E-state index in [0.717, 1.165) is 76.5 Å². The lowest BCUT2D eigenvalue weighted by Crippen LogP contribution is -2.28. The minimum Gasteiger partial charge on any atom is -0.344 e. The quantitative estimate of drug-likeness (QED) is 0.0356. The molecular weight excluding hydrogens is 807 g/mol. The summed E-state index contributed by atoms with van der Waals surface area (Å²) in [6.45, 7) is 12.0. The van der Waals surface area contributed by atoms with Gasteiger partial charge in [-0.2, -0.15) is 16.8 Å². The molecule has 316 valence electrons. The Morgan fingerprint density at radius 3 is 1.71 bits per heavy atom. The molecule has 3 aromatic rings. The molecule has 2 aliphatic heterocycles. The van der Waals surface area contributed by atoms with Crippen LogP contribution in [0.1, 0.15) is 82.9 Å². The normalized spacial score (nSPS) is 20.9. The maximum atomic E-state index is 14.4. The van der Waals surface area contributed by atoms with Crippen LogP contribution in [0.4, 0.5) is 11.4 Å². The van der Waals surface area contributed by atoms with Crippen molar-refractivity contribution < 1.29 is 40.0 Å². The molecule has 0 bridgehead atoms. The van der Waals surface area contributed by atoms with E-state index >= 15 is 0 Å². The summed E-state index contributed by atoms with van der Waals surface area (Å²) in [6.07, 6.45) is 12.3. The number of anilines is 2. The average molecular weight is 863 g/mol. The van der Waals surface area contributed by atoms with E-state index in [1.807, 2.05) is 31.2 Å². The van der Waals surface area contributed by atoms with E-state index in [0.29, 0.717) is 43.7 Å². The van der Waals surface area contributed by atoms with Crippen molar-refractivity contribution in [3.63, 3.8) is 0 Å². The van der Waals surface area contributed by atoms with Crippen molar-refractivity contribution >= 4 is 49.3 Å². The summed E-state index contributed by atoms with van der Waals surface area (Å²) in [4.78, 5) is 4.80. The maximum Gasteiger partial charge on any atom is 0.395 e. The van der Waals surface area contributed by atoms with E-state index in [-0.39, 0.29) is 21.5 Å².